The molecule has 0 spiro atoms. The average molecular weight is 182 g/mol. The average Bonchev–Trinajstić information content (AvgIpc) is 2.57. The highest BCUT2D eigenvalue weighted by Crippen LogP contribution is 2.20. The number of allylic oxidation sites excluding steroid dienone is 3. The van der Waals surface area contributed by atoms with E-state index in [2.05, 4.69) is 46.0 Å². The molecule has 0 N–H and O–H groups in total. The molecule has 1 aromatic heterocycles. The lowest BCUT2D eigenvalue weighted by atomic mass is 10.1. The quantitative estimate of drug-likeness (QED) is 0.612. The van der Waals surface area contributed by atoms with Crippen LogP contribution in [0.5, 0.6) is 0 Å². The molecule has 2 aromatic rings. The summed E-state index contributed by atoms with van der Waals surface area (Å²) in [6, 6.07) is 6.22. The van der Waals surface area contributed by atoms with E-state index in [0.717, 1.165) is 12.1 Å². The van der Waals surface area contributed by atoms with Gasteiger partial charge >= 0.3 is 0 Å². The standard InChI is InChI=1S/C12H10N2/c1-2-5-10-6-4-7-11-12(10)14(8-3-1)9-13-11/h1-7,9H,8H2/b3-1-,5-2-. The van der Waals surface area contributed by atoms with Gasteiger partial charge in [0, 0.05) is 12.1 Å². The third-order valence-corrected chi connectivity index (χ3v) is 2.49. The first-order chi connectivity index (χ1) is 6.95. The number of hydrogen-bond donors (Lipinski definition) is 0. The Morgan fingerprint density at radius 2 is 2.21 bits per heavy atom. The lowest BCUT2D eigenvalue weighted by Crippen LogP contribution is -1.95. The summed E-state index contributed by atoms with van der Waals surface area (Å²) in [5.41, 5.74) is 3.54. The number of para-hydroxylation sites is 1. The topological polar surface area (TPSA) is 17.8 Å². The van der Waals surface area contributed by atoms with Gasteiger partial charge in [-0.15, -0.1) is 0 Å². The van der Waals surface area contributed by atoms with E-state index in [1.54, 1.807) is 0 Å². The van der Waals surface area contributed by atoms with E-state index in [1.165, 1.54) is 11.1 Å². The summed E-state index contributed by atoms with van der Waals surface area (Å²) < 4.78 is 2.17. The van der Waals surface area contributed by atoms with Gasteiger partial charge in [-0.05, 0) is 6.07 Å². The molecule has 0 fully saturated rings. The second-order valence-electron chi connectivity index (χ2n) is 3.40. The third-order valence-electron chi connectivity index (χ3n) is 2.49. The van der Waals surface area contributed by atoms with E-state index in [-0.39, 0.29) is 0 Å². The minimum Gasteiger partial charge on any atom is -0.326 e. The molecule has 2 heteroatoms. The van der Waals surface area contributed by atoms with Crippen molar-refractivity contribution in [3.8, 4) is 0 Å². The van der Waals surface area contributed by atoms with Crippen LogP contribution < -0.4 is 0 Å². The molecule has 0 amide bonds. The highest BCUT2D eigenvalue weighted by Gasteiger charge is 2.05. The largest absolute Gasteiger partial charge is 0.326 e. The molecule has 68 valence electrons. The van der Waals surface area contributed by atoms with E-state index in [1.807, 2.05) is 12.4 Å². The number of benzene rings is 1. The number of imidazole rings is 1. The predicted octanol–water partition coefficient (Wildman–Crippen LogP) is 2.62. The van der Waals surface area contributed by atoms with Crippen molar-refractivity contribution in [2.24, 2.45) is 0 Å². The molecule has 0 bridgehead atoms. The molecule has 0 saturated carbocycles. The highest BCUT2D eigenvalue weighted by atomic mass is 15.0. The van der Waals surface area contributed by atoms with Crippen LogP contribution in [0.2, 0.25) is 0 Å². The zero-order valence-corrected chi connectivity index (χ0v) is 7.72. The van der Waals surface area contributed by atoms with Crippen molar-refractivity contribution < 1.29 is 0 Å². The Hall–Kier alpha value is -1.83. The molecule has 1 aliphatic rings. The van der Waals surface area contributed by atoms with Crippen molar-refractivity contribution in [2.75, 3.05) is 0 Å². The molecule has 2 nitrogen and oxygen atoms in total. The van der Waals surface area contributed by atoms with Gasteiger partial charge in [0.1, 0.15) is 0 Å². The van der Waals surface area contributed by atoms with Crippen LogP contribution in [0.1, 0.15) is 5.56 Å². The normalized spacial score (nSPS) is 18.9. The van der Waals surface area contributed by atoms with Gasteiger partial charge < -0.3 is 4.57 Å². The first-order valence-corrected chi connectivity index (χ1v) is 4.72. The zero-order chi connectivity index (χ0) is 9.38. The highest BCUT2D eigenvalue weighted by molar-refractivity contribution is 5.85. The van der Waals surface area contributed by atoms with Gasteiger partial charge in [0.25, 0.3) is 0 Å². The van der Waals surface area contributed by atoms with Crippen LogP contribution in [0.3, 0.4) is 0 Å². The van der Waals surface area contributed by atoms with E-state index in [9.17, 15) is 0 Å². The van der Waals surface area contributed by atoms with Crippen LogP contribution in [0.15, 0.2) is 42.8 Å². The minimum atomic E-state index is 0.901. The summed E-state index contributed by atoms with van der Waals surface area (Å²) >= 11 is 0. The molecule has 0 atom stereocenters. The van der Waals surface area contributed by atoms with Crippen molar-refractivity contribution in [2.45, 2.75) is 6.54 Å². The summed E-state index contributed by atoms with van der Waals surface area (Å²) in [4.78, 5) is 4.37. The summed E-state index contributed by atoms with van der Waals surface area (Å²) in [5.74, 6) is 0. The Bertz CT molecular complexity index is 532. The first kappa shape index (κ1) is 7.56. The Labute approximate surface area is 82.2 Å². The monoisotopic (exact) mass is 182 g/mol. The molecular weight excluding hydrogens is 172 g/mol. The second-order valence-corrected chi connectivity index (χ2v) is 3.40. The maximum atomic E-state index is 4.37. The van der Waals surface area contributed by atoms with Gasteiger partial charge in [0.2, 0.25) is 0 Å². The third kappa shape index (κ3) is 1.01. The van der Waals surface area contributed by atoms with Gasteiger partial charge in [-0.3, -0.25) is 0 Å². The van der Waals surface area contributed by atoms with Crippen molar-refractivity contribution in [3.63, 3.8) is 0 Å². The summed E-state index contributed by atoms with van der Waals surface area (Å²) in [6.45, 7) is 0.901. The molecule has 0 aliphatic carbocycles. The fourth-order valence-electron chi connectivity index (χ4n) is 1.84. The molecule has 14 heavy (non-hydrogen) atoms. The number of aromatic nitrogens is 2. The molecule has 0 unspecified atom stereocenters. The van der Waals surface area contributed by atoms with Crippen LogP contribution in [0.4, 0.5) is 0 Å². The van der Waals surface area contributed by atoms with Crippen LogP contribution in [-0.2, 0) is 6.54 Å². The van der Waals surface area contributed by atoms with Crippen LogP contribution in [0.25, 0.3) is 17.1 Å². The molecular formula is C12H10N2. The fraction of sp³-hybridized carbons (Fsp3) is 0.0833. The molecule has 1 aliphatic heterocycles. The van der Waals surface area contributed by atoms with E-state index in [0.29, 0.717) is 0 Å². The molecule has 0 saturated heterocycles. The summed E-state index contributed by atoms with van der Waals surface area (Å²) in [6.07, 6.45) is 10.3. The number of nitrogens with zero attached hydrogens (tertiary/aromatic N) is 2. The van der Waals surface area contributed by atoms with E-state index >= 15 is 0 Å². The second kappa shape index (κ2) is 2.84. The van der Waals surface area contributed by atoms with Gasteiger partial charge in [-0.25, -0.2) is 4.98 Å². The van der Waals surface area contributed by atoms with Gasteiger partial charge in [0.15, 0.2) is 0 Å². The smallest absolute Gasteiger partial charge is 0.0961 e. The van der Waals surface area contributed by atoms with Gasteiger partial charge in [-0.2, -0.15) is 0 Å². The van der Waals surface area contributed by atoms with Gasteiger partial charge in [0.05, 0.1) is 17.4 Å². The fourth-order valence-corrected chi connectivity index (χ4v) is 1.84. The molecule has 3 rings (SSSR count). The molecule has 2 heterocycles. The van der Waals surface area contributed by atoms with Crippen LogP contribution in [-0.4, -0.2) is 9.55 Å². The Kier molecular flexibility index (Phi) is 1.53. The van der Waals surface area contributed by atoms with Crippen molar-refractivity contribution in [1.29, 1.82) is 0 Å². The Morgan fingerprint density at radius 3 is 3.21 bits per heavy atom. The maximum absolute atomic E-state index is 4.37. The van der Waals surface area contributed by atoms with Crippen molar-refractivity contribution in [1.82, 2.24) is 9.55 Å². The predicted molar refractivity (Wildman–Crippen MR) is 57.9 cm³/mol. The molecule has 1 aromatic carbocycles. The van der Waals surface area contributed by atoms with E-state index in [4.69, 9.17) is 0 Å². The Balaban J connectivity index is 2.43. The maximum Gasteiger partial charge on any atom is 0.0961 e. The van der Waals surface area contributed by atoms with Crippen molar-refractivity contribution >= 4 is 17.1 Å². The SMILES string of the molecule is C1=C\Cn2cnc3cccc(c32)\C=C/1. The summed E-state index contributed by atoms with van der Waals surface area (Å²) in [5, 5.41) is 0. The summed E-state index contributed by atoms with van der Waals surface area (Å²) in [7, 11) is 0. The minimum absolute atomic E-state index is 0.901. The molecule has 0 radical (unpaired) electrons. The van der Waals surface area contributed by atoms with Crippen molar-refractivity contribution in [3.05, 3.63) is 48.3 Å². The van der Waals surface area contributed by atoms with Crippen LogP contribution >= 0.6 is 0 Å². The number of hydrogen-bond acceptors (Lipinski definition) is 1. The first-order valence-electron chi connectivity index (χ1n) is 4.72. The van der Waals surface area contributed by atoms with Gasteiger partial charge in [-0.1, -0.05) is 36.4 Å². The zero-order valence-electron chi connectivity index (χ0n) is 7.72. The van der Waals surface area contributed by atoms with E-state index < -0.39 is 0 Å². The lowest BCUT2D eigenvalue weighted by molar-refractivity contribution is 0.848. The number of rotatable bonds is 0. The Morgan fingerprint density at radius 1 is 1.21 bits per heavy atom. The van der Waals surface area contributed by atoms with Crippen LogP contribution in [0, 0.1) is 0 Å². The lowest BCUT2D eigenvalue weighted by Gasteiger charge is -2.04.